The van der Waals surface area contributed by atoms with Gasteiger partial charge in [0.15, 0.2) is 0 Å². The van der Waals surface area contributed by atoms with Crippen LogP contribution in [0.15, 0.2) is 77.3 Å². The zero-order chi connectivity index (χ0) is 19.7. The summed E-state index contributed by atoms with van der Waals surface area (Å²) in [6.07, 6.45) is 0. The van der Waals surface area contributed by atoms with Gasteiger partial charge >= 0.3 is 0 Å². The maximum absolute atomic E-state index is 5.34. The summed E-state index contributed by atoms with van der Waals surface area (Å²) in [5.41, 5.74) is 7.47. The van der Waals surface area contributed by atoms with Crippen molar-refractivity contribution in [3.8, 4) is 37.8 Å². The van der Waals surface area contributed by atoms with Crippen molar-refractivity contribution in [2.24, 2.45) is 0 Å². The van der Waals surface area contributed by atoms with Gasteiger partial charge in [-0.15, -0.1) is 11.3 Å². The second-order valence-corrected chi connectivity index (χ2v) is 8.67. The van der Waals surface area contributed by atoms with Crippen LogP contribution >= 0.6 is 27.3 Å². The zero-order valence-corrected chi connectivity index (χ0v) is 18.5. The molecule has 1 nitrogen and oxygen atoms in total. The summed E-state index contributed by atoms with van der Waals surface area (Å²) in [5.74, 6) is 0.867. The molecular weight excluding hydrogens is 428 g/mol. The fourth-order valence-corrected chi connectivity index (χ4v) is 5.66. The van der Waals surface area contributed by atoms with Crippen LogP contribution in [-0.4, -0.2) is 7.11 Å². The standard InChI is InChI=1S/C25H21BrOS/c1-16-8-10-19(11-9-16)24-22(18-12-14-20(27-3)15-13-18)23(26)25(28-24)21-7-5-4-6-17(21)2/h4-15H,1-3H3. The molecule has 28 heavy (non-hydrogen) atoms. The Morgan fingerprint density at radius 3 is 2.04 bits per heavy atom. The number of aryl methyl sites for hydroxylation is 2. The zero-order valence-electron chi connectivity index (χ0n) is 16.1. The van der Waals surface area contributed by atoms with Crippen molar-refractivity contribution in [3.63, 3.8) is 0 Å². The molecule has 0 unspecified atom stereocenters. The molecule has 140 valence electrons. The van der Waals surface area contributed by atoms with Crippen LogP contribution < -0.4 is 4.74 Å². The Labute approximate surface area is 178 Å². The number of halogens is 1. The molecule has 0 amide bonds. The molecule has 0 aliphatic rings. The highest BCUT2D eigenvalue weighted by Crippen LogP contribution is 2.50. The normalized spacial score (nSPS) is 10.9. The fraction of sp³-hybridized carbons (Fsp3) is 0.120. The first kappa shape index (κ1) is 19.0. The average Bonchev–Trinajstić information content (AvgIpc) is 3.06. The molecule has 1 heterocycles. The molecule has 0 aliphatic heterocycles. The largest absolute Gasteiger partial charge is 0.497 e. The molecule has 3 aromatic carbocycles. The van der Waals surface area contributed by atoms with Crippen molar-refractivity contribution in [3.05, 3.63) is 88.4 Å². The smallest absolute Gasteiger partial charge is 0.118 e. The summed E-state index contributed by atoms with van der Waals surface area (Å²) in [5, 5.41) is 0. The van der Waals surface area contributed by atoms with Crippen molar-refractivity contribution in [2.75, 3.05) is 7.11 Å². The summed E-state index contributed by atoms with van der Waals surface area (Å²) < 4.78 is 6.49. The first-order valence-electron chi connectivity index (χ1n) is 9.18. The Bertz CT molecular complexity index is 1110. The van der Waals surface area contributed by atoms with E-state index in [2.05, 4.69) is 90.4 Å². The lowest BCUT2D eigenvalue weighted by molar-refractivity contribution is 0.415. The van der Waals surface area contributed by atoms with Gasteiger partial charge in [-0.3, -0.25) is 0 Å². The van der Waals surface area contributed by atoms with Crippen molar-refractivity contribution >= 4 is 27.3 Å². The third kappa shape index (κ3) is 3.52. The summed E-state index contributed by atoms with van der Waals surface area (Å²) in [7, 11) is 1.70. The lowest BCUT2D eigenvalue weighted by Gasteiger charge is -2.08. The van der Waals surface area contributed by atoms with Gasteiger partial charge in [-0.05, 0) is 64.2 Å². The van der Waals surface area contributed by atoms with Crippen LogP contribution in [0.5, 0.6) is 5.75 Å². The van der Waals surface area contributed by atoms with Gasteiger partial charge in [0, 0.05) is 14.9 Å². The molecule has 0 radical (unpaired) electrons. The molecule has 0 aliphatic carbocycles. The van der Waals surface area contributed by atoms with E-state index in [0.717, 1.165) is 10.2 Å². The highest BCUT2D eigenvalue weighted by molar-refractivity contribution is 9.10. The van der Waals surface area contributed by atoms with Crippen molar-refractivity contribution < 1.29 is 4.74 Å². The predicted molar refractivity (Wildman–Crippen MR) is 124 cm³/mol. The van der Waals surface area contributed by atoms with Crippen LogP contribution in [0, 0.1) is 13.8 Å². The Morgan fingerprint density at radius 2 is 1.39 bits per heavy atom. The van der Waals surface area contributed by atoms with Crippen LogP contribution in [-0.2, 0) is 0 Å². The summed E-state index contributed by atoms with van der Waals surface area (Å²) in [6, 6.07) is 25.6. The molecule has 1 aromatic heterocycles. The van der Waals surface area contributed by atoms with Crippen LogP contribution in [0.3, 0.4) is 0 Å². The second-order valence-electron chi connectivity index (χ2n) is 6.86. The number of ether oxygens (including phenoxy) is 1. The van der Waals surface area contributed by atoms with Crippen LogP contribution in [0.2, 0.25) is 0 Å². The first-order valence-corrected chi connectivity index (χ1v) is 10.8. The van der Waals surface area contributed by atoms with Gasteiger partial charge in [0.05, 0.1) is 12.0 Å². The lowest BCUT2D eigenvalue weighted by Crippen LogP contribution is -1.85. The van der Waals surface area contributed by atoms with Crippen LogP contribution in [0.25, 0.3) is 32.0 Å². The summed E-state index contributed by atoms with van der Waals surface area (Å²) in [4.78, 5) is 2.54. The quantitative estimate of drug-likeness (QED) is 0.306. The van der Waals surface area contributed by atoms with Gasteiger partial charge in [0.25, 0.3) is 0 Å². The number of hydrogen-bond acceptors (Lipinski definition) is 2. The van der Waals surface area contributed by atoms with Gasteiger partial charge in [-0.1, -0.05) is 66.2 Å². The molecule has 0 spiro atoms. The minimum Gasteiger partial charge on any atom is -0.497 e. The Balaban J connectivity index is 1.96. The number of methoxy groups -OCH3 is 1. The van der Waals surface area contributed by atoms with Crippen molar-refractivity contribution in [2.45, 2.75) is 13.8 Å². The predicted octanol–water partition coefficient (Wildman–Crippen LogP) is 8.14. The molecule has 0 bridgehead atoms. The number of rotatable bonds is 4. The Morgan fingerprint density at radius 1 is 0.750 bits per heavy atom. The topological polar surface area (TPSA) is 9.23 Å². The number of hydrogen-bond donors (Lipinski definition) is 0. The Hall–Kier alpha value is -2.36. The molecule has 0 fully saturated rings. The molecular formula is C25H21BrOS. The molecule has 0 atom stereocenters. The molecule has 0 N–H and O–H groups in total. The van der Waals surface area contributed by atoms with Crippen molar-refractivity contribution in [1.82, 2.24) is 0 Å². The number of benzene rings is 3. The number of thiophene rings is 1. The van der Waals surface area contributed by atoms with E-state index in [0.29, 0.717) is 0 Å². The fourth-order valence-electron chi connectivity index (χ4n) is 3.34. The molecule has 4 aromatic rings. The summed E-state index contributed by atoms with van der Waals surface area (Å²) >= 11 is 5.78. The van der Waals surface area contributed by atoms with E-state index >= 15 is 0 Å². The summed E-state index contributed by atoms with van der Waals surface area (Å²) in [6.45, 7) is 4.29. The second kappa shape index (κ2) is 7.94. The van der Waals surface area contributed by atoms with Crippen molar-refractivity contribution in [1.29, 1.82) is 0 Å². The maximum Gasteiger partial charge on any atom is 0.118 e. The maximum atomic E-state index is 5.34. The molecule has 0 saturated heterocycles. The van der Waals surface area contributed by atoms with E-state index in [-0.39, 0.29) is 0 Å². The van der Waals surface area contributed by atoms with Gasteiger partial charge < -0.3 is 4.74 Å². The van der Waals surface area contributed by atoms with E-state index in [4.69, 9.17) is 4.74 Å². The third-order valence-corrected chi connectivity index (χ3v) is 7.26. The Kier molecular flexibility index (Phi) is 5.38. The van der Waals surface area contributed by atoms with Gasteiger partial charge in [-0.25, -0.2) is 0 Å². The highest BCUT2D eigenvalue weighted by Gasteiger charge is 2.21. The van der Waals surface area contributed by atoms with E-state index in [1.165, 1.54) is 43.1 Å². The van der Waals surface area contributed by atoms with E-state index in [1.54, 1.807) is 7.11 Å². The lowest BCUT2D eigenvalue weighted by atomic mass is 10.00. The van der Waals surface area contributed by atoms with Crippen LogP contribution in [0.1, 0.15) is 11.1 Å². The van der Waals surface area contributed by atoms with E-state index in [1.807, 2.05) is 23.5 Å². The average molecular weight is 449 g/mol. The van der Waals surface area contributed by atoms with E-state index < -0.39 is 0 Å². The van der Waals surface area contributed by atoms with Gasteiger partial charge in [0.2, 0.25) is 0 Å². The van der Waals surface area contributed by atoms with Gasteiger partial charge in [-0.2, -0.15) is 0 Å². The molecule has 4 rings (SSSR count). The molecule has 0 saturated carbocycles. The highest BCUT2D eigenvalue weighted by atomic mass is 79.9. The minimum absolute atomic E-state index is 0.867. The monoisotopic (exact) mass is 448 g/mol. The molecule has 3 heteroatoms. The minimum atomic E-state index is 0.867. The first-order chi connectivity index (χ1) is 13.6. The SMILES string of the molecule is COc1ccc(-c2c(-c3ccc(C)cc3)sc(-c3ccccc3C)c2Br)cc1. The van der Waals surface area contributed by atoms with Crippen LogP contribution in [0.4, 0.5) is 0 Å². The third-order valence-electron chi connectivity index (χ3n) is 4.93. The van der Waals surface area contributed by atoms with Gasteiger partial charge in [0.1, 0.15) is 5.75 Å². The van der Waals surface area contributed by atoms with E-state index in [9.17, 15) is 0 Å².